The number of hydrogen-bond donors (Lipinski definition) is 0. The first-order chi connectivity index (χ1) is 7.57. The van der Waals surface area contributed by atoms with Crippen LogP contribution in [0.5, 0.6) is 0 Å². The number of benzene rings is 1. The van der Waals surface area contributed by atoms with Gasteiger partial charge in [0.1, 0.15) is 0 Å². The third-order valence-corrected chi connectivity index (χ3v) is 2.92. The molecule has 2 nitrogen and oxygen atoms in total. The Hall–Kier alpha value is -1.45. The number of methoxy groups -OCH3 is 1. The molecule has 0 spiro atoms. The molecule has 4 heteroatoms. The van der Waals surface area contributed by atoms with Crippen molar-refractivity contribution in [2.45, 2.75) is 12.3 Å². The predicted octanol–water partition coefficient (Wildman–Crippen LogP) is 2.59. The minimum Gasteiger partial charge on any atom is -0.469 e. The van der Waals surface area contributed by atoms with Gasteiger partial charge in [-0.1, -0.05) is 30.3 Å². The normalized spacial score (nSPS) is 23.9. The standard InChI is InChI=1S/C12H12F2O2/c1-16-11(15)9-7-10(9)12(13,14)8-5-3-2-4-6-8/h2-6,9-10H,7H2,1H3/t9-,10+/m0/s1. The molecule has 0 radical (unpaired) electrons. The minimum atomic E-state index is -2.94. The highest BCUT2D eigenvalue weighted by Crippen LogP contribution is 2.54. The van der Waals surface area contributed by atoms with Crippen LogP contribution in [0.25, 0.3) is 0 Å². The molecule has 16 heavy (non-hydrogen) atoms. The lowest BCUT2D eigenvalue weighted by Crippen LogP contribution is -2.19. The van der Waals surface area contributed by atoms with Crippen LogP contribution >= 0.6 is 0 Å². The average molecular weight is 226 g/mol. The van der Waals surface area contributed by atoms with Gasteiger partial charge in [0.05, 0.1) is 13.0 Å². The van der Waals surface area contributed by atoms with Crippen molar-refractivity contribution in [3.63, 3.8) is 0 Å². The number of hydrogen-bond acceptors (Lipinski definition) is 2. The maximum absolute atomic E-state index is 13.9. The number of esters is 1. The third kappa shape index (κ3) is 1.79. The van der Waals surface area contributed by atoms with Crippen LogP contribution in [0.4, 0.5) is 8.78 Å². The van der Waals surface area contributed by atoms with Crippen LogP contribution in [-0.2, 0) is 15.5 Å². The van der Waals surface area contributed by atoms with E-state index in [-0.39, 0.29) is 12.0 Å². The Morgan fingerprint density at radius 1 is 1.38 bits per heavy atom. The molecule has 86 valence electrons. The lowest BCUT2D eigenvalue weighted by atomic mass is 10.0. The van der Waals surface area contributed by atoms with Crippen molar-refractivity contribution in [3.8, 4) is 0 Å². The highest BCUT2D eigenvalue weighted by molar-refractivity contribution is 5.75. The molecule has 1 aromatic carbocycles. The van der Waals surface area contributed by atoms with E-state index in [2.05, 4.69) is 4.74 Å². The van der Waals surface area contributed by atoms with Gasteiger partial charge in [-0.25, -0.2) is 8.78 Å². The van der Waals surface area contributed by atoms with Crippen molar-refractivity contribution >= 4 is 5.97 Å². The molecule has 1 aliphatic carbocycles. The fourth-order valence-electron chi connectivity index (χ4n) is 1.88. The van der Waals surface area contributed by atoms with Crippen LogP contribution in [0.3, 0.4) is 0 Å². The summed E-state index contributed by atoms with van der Waals surface area (Å²) in [5.74, 6) is -5.05. The molecule has 0 bridgehead atoms. The van der Waals surface area contributed by atoms with Crippen LogP contribution in [0.1, 0.15) is 12.0 Å². The van der Waals surface area contributed by atoms with Gasteiger partial charge in [0, 0.05) is 11.5 Å². The van der Waals surface area contributed by atoms with Gasteiger partial charge in [-0.15, -0.1) is 0 Å². The van der Waals surface area contributed by atoms with E-state index in [1.165, 1.54) is 19.2 Å². The van der Waals surface area contributed by atoms with E-state index in [4.69, 9.17) is 0 Å². The second-order valence-corrected chi connectivity index (χ2v) is 3.96. The molecule has 0 unspecified atom stereocenters. The Labute approximate surface area is 92.2 Å². The van der Waals surface area contributed by atoms with Crippen molar-refractivity contribution < 1.29 is 18.3 Å². The SMILES string of the molecule is COC(=O)[C@H]1C[C@H]1C(F)(F)c1ccccc1. The number of carbonyl (C=O) groups excluding carboxylic acids is 1. The van der Waals surface area contributed by atoms with Gasteiger partial charge in [-0.3, -0.25) is 4.79 Å². The molecule has 0 aliphatic heterocycles. The summed E-state index contributed by atoms with van der Waals surface area (Å²) in [6.45, 7) is 0. The van der Waals surface area contributed by atoms with Gasteiger partial charge >= 0.3 is 5.97 Å². The van der Waals surface area contributed by atoms with Crippen molar-refractivity contribution in [2.75, 3.05) is 7.11 Å². The van der Waals surface area contributed by atoms with Gasteiger partial charge in [-0.05, 0) is 6.42 Å². The smallest absolute Gasteiger partial charge is 0.309 e. The van der Waals surface area contributed by atoms with E-state index < -0.39 is 23.7 Å². The van der Waals surface area contributed by atoms with E-state index in [0.717, 1.165) is 0 Å². The van der Waals surface area contributed by atoms with Crippen molar-refractivity contribution in [1.29, 1.82) is 0 Å². The minimum absolute atomic E-state index is 0.0357. The second kappa shape index (κ2) is 3.85. The van der Waals surface area contributed by atoms with Gasteiger partial charge in [0.2, 0.25) is 0 Å². The first-order valence-electron chi connectivity index (χ1n) is 5.08. The molecule has 0 N–H and O–H groups in total. The molecule has 2 rings (SSSR count). The average Bonchev–Trinajstić information content (AvgIpc) is 3.10. The highest BCUT2D eigenvalue weighted by Gasteiger charge is 2.59. The van der Waals surface area contributed by atoms with Gasteiger partial charge < -0.3 is 4.74 Å². The van der Waals surface area contributed by atoms with E-state index in [1.54, 1.807) is 18.2 Å². The molecular formula is C12H12F2O2. The van der Waals surface area contributed by atoms with Gasteiger partial charge in [-0.2, -0.15) is 0 Å². The number of halogens is 2. The number of ether oxygens (including phenoxy) is 1. The molecule has 1 fully saturated rings. The van der Waals surface area contributed by atoms with Crippen LogP contribution in [0, 0.1) is 11.8 Å². The number of alkyl halides is 2. The zero-order valence-electron chi connectivity index (χ0n) is 8.82. The highest BCUT2D eigenvalue weighted by atomic mass is 19.3. The molecule has 0 saturated heterocycles. The topological polar surface area (TPSA) is 26.3 Å². The van der Waals surface area contributed by atoms with E-state index in [9.17, 15) is 13.6 Å². The largest absolute Gasteiger partial charge is 0.469 e. The molecule has 1 saturated carbocycles. The van der Waals surface area contributed by atoms with E-state index >= 15 is 0 Å². The molecule has 0 heterocycles. The third-order valence-electron chi connectivity index (χ3n) is 2.92. The summed E-state index contributed by atoms with van der Waals surface area (Å²) in [5, 5.41) is 0. The Bertz CT molecular complexity index is 389. The lowest BCUT2D eigenvalue weighted by molar-refractivity contribution is -0.144. The van der Waals surface area contributed by atoms with Crippen LogP contribution in [0.15, 0.2) is 30.3 Å². The van der Waals surface area contributed by atoms with Crippen LogP contribution < -0.4 is 0 Å². The molecule has 2 atom stereocenters. The zero-order valence-corrected chi connectivity index (χ0v) is 8.82. The first kappa shape index (κ1) is 11.0. The summed E-state index contributed by atoms with van der Waals surface area (Å²) in [4.78, 5) is 11.1. The van der Waals surface area contributed by atoms with Gasteiger partial charge in [0.15, 0.2) is 0 Å². The summed E-state index contributed by atoms with van der Waals surface area (Å²) in [6, 6.07) is 7.58. The van der Waals surface area contributed by atoms with E-state index in [1.807, 2.05) is 0 Å². The number of rotatable bonds is 3. The number of carbonyl (C=O) groups is 1. The summed E-state index contributed by atoms with van der Waals surface area (Å²) in [7, 11) is 1.22. The predicted molar refractivity (Wildman–Crippen MR) is 53.9 cm³/mol. The molecular weight excluding hydrogens is 214 g/mol. The molecule has 1 aliphatic rings. The van der Waals surface area contributed by atoms with Crippen molar-refractivity contribution in [1.82, 2.24) is 0 Å². The van der Waals surface area contributed by atoms with Gasteiger partial charge in [0.25, 0.3) is 5.92 Å². The Kier molecular flexibility index (Phi) is 2.66. The zero-order chi connectivity index (χ0) is 11.8. The molecule has 0 aromatic heterocycles. The summed E-state index contributed by atoms with van der Waals surface area (Å²) in [5.41, 5.74) is -0.0357. The molecule has 1 aromatic rings. The van der Waals surface area contributed by atoms with Crippen LogP contribution in [0.2, 0.25) is 0 Å². The maximum atomic E-state index is 13.9. The Morgan fingerprint density at radius 2 is 2.00 bits per heavy atom. The quantitative estimate of drug-likeness (QED) is 0.740. The summed E-state index contributed by atoms with van der Waals surface area (Å²) >= 11 is 0. The second-order valence-electron chi connectivity index (χ2n) is 3.96. The van der Waals surface area contributed by atoms with Crippen molar-refractivity contribution in [2.24, 2.45) is 11.8 Å². The fraction of sp³-hybridized carbons (Fsp3) is 0.417. The maximum Gasteiger partial charge on any atom is 0.309 e. The van der Waals surface area contributed by atoms with Crippen LogP contribution in [-0.4, -0.2) is 13.1 Å². The summed E-state index contributed by atoms with van der Waals surface area (Å²) < 4.78 is 32.2. The lowest BCUT2D eigenvalue weighted by Gasteiger charge is -2.16. The van der Waals surface area contributed by atoms with E-state index in [0.29, 0.717) is 0 Å². The monoisotopic (exact) mass is 226 g/mol. The fourth-order valence-corrected chi connectivity index (χ4v) is 1.88. The first-order valence-corrected chi connectivity index (χ1v) is 5.08. The Morgan fingerprint density at radius 3 is 2.56 bits per heavy atom. The van der Waals surface area contributed by atoms with Crippen molar-refractivity contribution in [3.05, 3.63) is 35.9 Å². The summed E-state index contributed by atoms with van der Waals surface area (Å²) in [6.07, 6.45) is 0.203. The Balaban J connectivity index is 2.14. The molecule has 0 amide bonds.